The summed E-state index contributed by atoms with van der Waals surface area (Å²) in [5.41, 5.74) is 1.15. The molecular formula is C15H17ClN2O. The summed E-state index contributed by atoms with van der Waals surface area (Å²) < 4.78 is 5.60. The molecule has 1 heterocycles. The number of nitrogens with zero attached hydrogens (tertiary/aromatic N) is 1. The molecule has 0 spiro atoms. The van der Waals surface area contributed by atoms with Crippen LogP contribution in [0.1, 0.15) is 18.9 Å². The minimum absolute atomic E-state index is 0.491. The van der Waals surface area contributed by atoms with Crippen molar-refractivity contribution in [2.45, 2.75) is 19.9 Å². The van der Waals surface area contributed by atoms with Crippen LogP contribution in [0.15, 0.2) is 42.5 Å². The zero-order valence-electron chi connectivity index (χ0n) is 10.9. The highest BCUT2D eigenvalue weighted by molar-refractivity contribution is 6.29. The second-order valence-corrected chi connectivity index (χ2v) is 4.58. The minimum atomic E-state index is 0.491. The zero-order chi connectivity index (χ0) is 13.5. The molecule has 0 aliphatic carbocycles. The summed E-state index contributed by atoms with van der Waals surface area (Å²) in [6.07, 6.45) is 1.01. The van der Waals surface area contributed by atoms with Gasteiger partial charge >= 0.3 is 0 Å². The third-order valence-corrected chi connectivity index (χ3v) is 2.77. The van der Waals surface area contributed by atoms with E-state index in [1.54, 1.807) is 6.07 Å². The Labute approximate surface area is 118 Å². The fourth-order valence-corrected chi connectivity index (χ4v) is 1.83. The van der Waals surface area contributed by atoms with E-state index in [9.17, 15) is 0 Å². The van der Waals surface area contributed by atoms with E-state index in [0.717, 1.165) is 30.2 Å². The van der Waals surface area contributed by atoms with Crippen LogP contribution in [-0.4, -0.2) is 11.6 Å². The molecule has 1 aromatic carbocycles. The molecule has 0 atom stereocenters. The van der Waals surface area contributed by atoms with Crippen molar-refractivity contribution in [1.82, 2.24) is 4.98 Å². The van der Waals surface area contributed by atoms with Crippen molar-refractivity contribution >= 4 is 17.4 Å². The normalized spacial score (nSPS) is 10.2. The van der Waals surface area contributed by atoms with Crippen molar-refractivity contribution < 1.29 is 4.74 Å². The summed E-state index contributed by atoms with van der Waals surface area (Å²) >= 11 is 5.84. The Kier molecular flexibility index (Phi) is 5.04. The molecule has 2 aromatic rings. The first kappa shape index (κ1) is 13.7. The molecule has 19 heavy (non-hydrogen) atoms. The number of hydrogen-bond donors (Lipinski definition) is 1. The zero-order valence-corrected chi connectivity index (χ0v) is 11.7. The van der Waals surface area contributed by atoms with Gasteiger partial charge in [-0.15, -0.1) is 0 Å². The summed E-state index contributed by atoms with van der Waals surface area (Å²) in [6, 6.07) is 13.6. The van der Waals surface area contributed by atoms with Gasteiger partial charge in [-0.2, -0.15) is 0 Å². The van der Waals surface area contributed by atoms with E-state index in [2.05, 4.69) is 23.3 Å². The first-order chi connectivity index (χ1) is 9.28. The van der Waals surface area contributed by atoms with Crippen molar-refractivity contribution in [3.05, 3.63) is 53.2 Å². The molecule has 0 aliphatic rings. The van der Waals surface area contributed by atoms with Crippen molar-refractivity contribution in [2.24, 2.45) is 0 Å². The first-order valence-electron chi connectivity index (χ1n) is 6.36. The summed E-state index contributed by atoms with van der Waals surface area (Å²) in [4.78, 5) is 4.18. The number of aromatic nitrogens is 1. The van der Waals surface area contributed by atoms with Crippen LogP contribution in [0.2, 0.25) is 5.15 Å². The lowest BCUT2D eigenvalue weighted by Gasteiger charge is -2.08. The lowest BCUT2D eigenvalue weighted by atomic mass is 10.2. The van der Waals surface area contributed by atoms with Crippen LogP contribution in [0.4, 0.5) is 5.82 Å². The second-order valence-electron chi connectivity index (χ2n) is 4.19. The number of pyridine rings is 1. The van der Waals surface area contributed by atoms with Gasteiger partial charge in [0.2, 0.25) is 0 Å². The molecule has 1 aromatic heterocycles. The van der Waals surface area contributed by atoms with E-state index in [1.807, 2.05) is 30.3 Å². The number of hydrogen-bond acceptors (Lipinski definition) is 3. The maximum atomic E-state index is 5.84. The van der Waals surface area contributed by atoms with Gasteiger partial charge in [-0.05, 0) is 36.2 Å². The molecule has 0 aliphatic heterocycles. The Bertz CT molecular complexity index is 531. The number of ether oxygens (including phenoxy) is 1. The largest absolute Gasteiger partial charge is 0.494 e. The molecule has 3 nitrogen and oxygen atoms in total. The molecule has 0 saturated carbocycles. The quantitative estimate of drug-likeness (QED) is 0.806. The summed E-state index contributed by atoms with van der Waals surface area (Å²) in [6.45, 7) is 3.53. The Morgan fingerprint density at radius 3 is 2.84 bits per heavy atom. The second kappa shape index (κ2) is 7.00. The molecule has 100 valence electrons. The van der Waals surface area contributed by atoms with Crippen molar-refractivity contribution in [3.63, 3.8) is 0 Å². The first-order valence-corrected chi connectivity index (χ1v) is 6.74. The average Bonchev–Trinajstić information content (AvgIpc) is 2.43. The molecule has 0 radical (unpaired) electrons. The van der Waals surface area contributed by atoms with Crippen LogP contribution in [0.5, 0.6) is 5.75 Å². The Morgan fingerprint density at radius 2 is 2.05 bits per heavy atom. The van der Waals surface area contributed by atoms with E-state index >= 15 is 0 Å². The molecule has 0 fully saturated rings. The maximum Gasteiger partial charge on any atom is 0.131 e. The average molecular weight is 277 g/mol. The predicted molar refractivity (Wildman–Crippen MR) is 78.8 cm³/mol. The van der Waals surface area contributed by atoms with Crippen LogP contribution in [0, 0.1) is 0 Å². The van der Waals surface area contributed by atoms with Crippen LogP contribution < -0.4 is 10.1 Å². The molecule has 0 saturated heterocycles. The minimum Gasteiger partial charge on any atom is -0.494 e. The third kappa shape index (κ3) is 4.45. The Balaban J connectivity index is 1.95. The fraction of sp³-hybridized carbons (Fsp3) is 0.267. The van der Waals surface area contributed by atoms with Gasteiger partial charge in [0.15, 0.2) is 0 Å². The van der Waals surface area contributed by atoms with Gasteiger partial charge in [0.05, 0.1) is 6.61 Å². The summed E-state index contributed by atoms with van der Waals surface area (Å²) in [7, 11) is 0. The van der Waals surface area contributed by atoms with Crippen LogP contribution in [0.25, 0.3) is 0 Å². The number of rotatable bonds is 6. The smallest absolute Gasteiger partial charge is 0.131 e. The maximum absolute atomic E-state index is 5.84. The molecule has 0 unspecified atom stereocenters. The molecule has 4 heteroatoms. The highest BCUT2D eigenvalue weighted by Crippen LogP contribution is 2.15. The number of benzene rings is 1. The molecule has 2 rings (SSSR count). The molecule has 0 bridgehead atoms. The van der Waals surface area contributed by atoms with E-state index in [0.29, 0.717) is 11.7 Å². The fourth-order valence-electron chi connectivity index (χ4n) is 1.66. The summed E-state index contributed by atoms with van der Waals surface area (Å²) in [5.74, 6) is 1.67. The van der Waals surface area contributed by atoms with Gasteiger partial charge in [-0.1, -0.05) is 36.7 Å². The predicted octanol–water partition coefficient (Wildman–Crippen LogP) is 4.14. The number of anilines is 1. The molecule has 0 amide bonds. The van der Waals surface area contributed by atoms with Gasteiger partial charge < -0.3 is 10.1 Å². The van der Waals surface area contributed by atoms with E-state index in [1.165, 1.54) is 0 Å². The lowest BCUT2D eigenvalue weighted by Crippen LogP contribution is -2.02. The highest BCUT2D eigenvalue weighted by Gasteiger charge is 1.99. The number of nitrogens with one attached hydrogen (secondary N) is 1. The monoisotopic (exact) mass is 276 g/mol. The van der Waals surface area contributed by atoms with E-state index in [4.69, 9.17) is 16.3 Å². The van der Waals surface area contributed by atoms with E-state index in [-0.39, 0.29) is 0 Å². The van der Waals surface area contributed by atoms with Gasteiger partial charge in [0.25, 0.3) is 0 Å². The van der Waals surface area contributed by atoms with E-state index < -0.39 is 0 Å². The standard InChI is InChI=1S/C15H17ClN2O/c1-2-9-19-13-6-3-5-12(10-13)11-17-15-8-4-7-14(16)18-15/h3-8,10H,2,9,11H2,1H3,(H,17,18). The van der Waals surface area contributed by atoms with Crippen LogP contribution >= 0.6 is 11.6 Å². The lowest BCUT2D eigenvalue weighted by molar-refractivity contribution is 0.317. The molecular weight excluding hydrogens is 260 g/mol. The SMILES string of the molecule is CCCOc1cccc(CNc2cccc(Cl)n2)c1. The van der Waals surface area contributed by atoms with Gasteiger partial charge in [-0.3, -0.25) is 0 Å². The van der Waals surface area contributed by atoms with Crippen LogP contribution in [-0.2, 0) is 6.54 Å². The van der Waals surface area contributed by atoms with Gasteiger partial charge in [0, 0.05) is 6.54 Å². The van der Waals surface area contributed by atoms with Gasteiger partial charge in [-0.25, -0.2) is 4.98 Å². The highest BCUT2D eigenvalue weighted by atomic mass is 35.5. The van der Waals surface area contributed by atoms with Crippen LogP contribution in [0.3, 0.4) is 0 Å². The Morgan fingerprint density at radius 1 is 1.21 bits per heavy atom. The van der Waals surface area contributed by atoms with Gasteiger partial charge in [0.1, 0.15) is 16.7 Å². The third-order valence-electron chi connectivity index (χ3n) is 2.56. The topological polar surface area (TPSA) is 34.1 Å². The van der Waals surface area contributed by atoms with Crippen molar-refractivity contribution in [1.29, 1.82) is 0 Å². The Hall–Kier alpha value is -1.74. The molecule has 1 N–H and O–H groups in total. The summed E-state index contributed by atoms with van der Waals surface area (Å²) in [5, 5.41) is 3.72. The van der Waals surface area contributed by atoms with Crippen molar-refractivity contribution in [2.75, 3.05) is 11.9 Å². The van der Waals surface area contributed by atoms with Crippen molar-refractivity contribution in [3.8, 4) is 5.75 Å². The number of halogens is 1.